The number of aromatic hydroxyl groups is 3. The minimum absolute atomic E-state index is 0. The molecule has 3 aromatic heterocycles. The van der Waals surface area contributed by atoms with Crippen molar-refractivity contribution >= 4 is 17.7 Å². The maximum absolute atomic E-state index is 11.4. The number of pyridine rings is 3. The number of ether oxygens (including phenoxy) is 3. The zero-order valence-electron chi connectivity index (χ0n) is 23.9. The third-order valence-electron chi connectivity index (χ3n) is 4.91. The van der Waals surface area contributed by atoms with Crippen LogP contribution < -0.4 is 16.0 Å². The molecular weight excluding hydrogens is 608 g/mol. The fourth-order valence-electron chi connectivity index (χ4n) is 2.82. The van der Waals surface area contributed by atoms with Gasteiger partial charge in [0.05, 0.1) is 55.1 Å². The van der Waals surface area contributed by atoms with Gasteiger partial charge < -0.3 is 45.5 Å². The van der Waals surface area contributed by atoms with Crippen LogP contribution in [0.5, 0.6) is 17.2 Å². The molecule has 43 heavy (non-hydrogen) atoms. The zero-order chi connectivity index (χ0) is 31.2. The molecule has 3 amide bonds. The SMILES string of the molecule is COCCNC(=O)c1ccncc1O.COCCNC(=O)c1ccncc1O.COCCNC(=O)c1ccncc1O.[Fe]. The summed E-state index contributed by atoms with van der Waals surface area (Å²) in [6.07, 6.45) is 8.03. The summed E-state index contributed by atoms with van der Waals surface area (Å²) < 4.78 is 14.3. The van der Waals surface area contributed by atoms with E-state index in [1.54, 1.807) is 21.3 Å². The van der Waals surface area contributed by atoms with Crippen LogP contribution in [-0.4, -0.2) is 109 Å². The molecule has 0 spiro atoms. The van der Waals surface area contributed by atoms with E-state index in [4.69, 9.17) is 14.2 Å². The fourth-order valence-corrected chi connectivity index (χ4v) is 2.82. The predicted molar refractivity (Wildman–Crippen MR) is 150 cm³/mol. The van der Waals surface area contributed by atoms with Gasteiger partial charge in [0.15, 0.2) is 0 Å². The van der Waals surface area contributed by atoms with E-state index in [9.17, 15) is 29.7 Å². The molecule has 0 fully saturated rings. The topological polar surface area (TPSA) is 214 Å². The predicted octanol–water partition coefficient (Wildman–Crippen LogP) is 0.488. The number of nitrogens with zero attached hydrogens (tertiary/aromatic N) is 3. The van der Waals surface area contributed by atoms with Crippen molar-refractivity contribution < 1.29 is 61.0 Å². The quantitative estimate of drug-likeness (QED) is 0.117. The smallest absolute Gasteiger partial charge is 0.255 e. The largest absolute Gasteiger partial charge is 0.505 e. The van der Waals surface area contributed by atoms with Crippen LogP contribution in [0, 0.1) is 0 Å². The van der Waals surface area contributed by atoms with E-state index in [2.05, 4.69) is 30.9 Å². The fraction of sp³-hybridized carbons (Fsp3) is 0.333. The van der Waals surface area contributed by atoms with E-state index in [0.717, 1.165) is 0 Å². The van der Waals surface area contributed by atoms with Gasteiger partial charge in [-0.1, -0.05) is 0 Å². The Morgan fingerprint density at radius 3 is 1.05 bits per heavy atom. The zero-order valence-corrected chi connectivity index (χ0v) is 25.0. The van der Waals surface area contributed by atoms with Crippen LogP contribution in [0.25, 0.3) is 0 Å². The molecule has 3 rings (SSSR count). The third kappa shape index (κ3) is 15.5. The normalized spacial score (nSPS) is 9.56. The number of carbonyl (C=O) groups excluding carboxylic acids is 3. The molecule has 3 heterocycles. The summed E-state index contributed by atoms with van der Waals surface area (Å²) in [4.78, 5) is 45.2. The second-order valence-corrected chi connectivity index (χ2v) is 7.92. The summed E-state index contributed by atoms with van der Waals surface area (Å²) >= 11 is 0. The molecule has 15 nitrogen and oxygen atoms in total. The van der Waals surface area contributed by atoms with Gasteiger partial charge in [-0.3, -0.25) is 29.3 Å². The van der Waals surface area contributed by atoms with Gasteiger partial charge in [0.1, 0.15) is 17.2 Å². The summed E-state index contributed by atoms with van der Waals surface area (Å²) in [5.41, 5.74) is 0.656. The van der Waals surface area contributed by atoms with Gasteiger partial charge in [-0.15, -0.1) is 0 Å². The number of methoxy groups -OCH3 is 3. The minimum Gasteiger partial charge on any atom is -0.505 e. The Labute approximate surface area is 259 Å². The first-order valence-corrected chi connectivity index (χ1v) is 12.5. The van der Waals surface area contributed by atoms with E-state index < -0.39 is 0 Å². The van der Waals surface area contributed by atoms with Gasteiger partial charge in [-0.2, -0.15) is 0 Å². The van der Waals surface area contributed by atoms with Crippen molar-refractivity contribution in [1.29, 1.82) is 0 Å². The molecule has 0 aliphatic heterocycles. The average Bonchev–Trinajstić information content (AvgIpc) is 2.99. The van der Waals surface area contributed by atoms with Gasteiger partial charge in [-0.25, -0.2) is 0 Å². The molecule has 0 bridgehead atoms. The summed E-state index contributed by atoms with van der Waals surface area (Å²) in [6.45, 7) is 2.57. The van der Waals surface area contributed by atoms with Crippen molar-refractivity contribution in [2.75, 3.05) is 60.8 Å². The van der Waals surface area contributed by atoms with E-state index in [-0.39, 0.29) is 68.7 Å². The Bertz CT molecular complexity index is 1100. The van der Waals surface area contributed by atoms with Gasteiger partial charge >= 0.3 is 0 Å². The Kier molecular flexibility index (Phi) is 20.9. The van der Waals surface area contributed by atoms with Gasteiger partial charge in [0.25, 0.3) is 17.7 Å². The van der Waals surface area contributed by atoms with Crippen molar-refractivity contribution in [2.24, 2.45) is 0 Å². The monoisotopic (exact) mass is 644 g/mol. The van der Waals surface area contributed by atoms with E-state index in [1.165, 1.54) is 55.4 Å². The molecule has 0 atom stereocenters. The number of rotatable bonds is 12. The maximum Gasteiger partial charge on any atom is 0.255 e. The molecular formula is C27H36FeN6O9. The molecule has 236 valence electrons. The summed E-state index contributed by atoms with van der Waals surface area (Å²) in [6, 6.07) is 4.37. The maximum atomic E-state index is 11.4. The minimum atomic E-state index is -0.332. The molecule has 0 aliphatic carbocycles. The molecule has 6 N–H and O–H groups in total. The van der Waals surface area contributed by atoms with Crippen molar-refractivity contribution in [2.45, 2.75) is 0 Å². The van der Waals surface area contributed by atoms with Crippen LogP contribution in [0.4, 0.5) is 0 Å². The summed E-state index contributed by atoms with van der Waals surface area (Å²) in [7, 11) is 4.65. The Balaban J connectivity index is 0.000000608. The molecule has 0 aliphatic rings. The van der Waals surface area contributed by atoms with Gasteiger partial charge in [0.2, 0.25) is 0 Å². The van der Waals surface area contributed by atoms with Crippen molar-refractivity contribution in [3.05, 3.63) is 72.1 Å². The Morgan fingerprint density at radius 1 is 0.581 bits per heavy atom. The first-order chi connectivity index (χ1) is 20.3. The first kappa shape index (κ1) is 38.7. The Hall–Kier alpha value is -4.34. The standard InChI is InChI=1S/3C9H12N2O3.Fe/c3*1-14-5-4-11-9(13)7-2-3-10-6-8(7)12;/h3*2-3,6,12H,4-5H2,1H3,(H,11,13);. The molecule has 3 aromatic rings. The van der Waals surface area contributed by atoms with Gasteiger partial charge in [0, 0.05) is 76.6 Å². The molecule has 0 saturated carbocycles. The number of hydrogen-bond donors (Lipinski definition) is 6. The second kappa shape index (κ2) is 23.2. The summed E-state index contributed by atoms with van der Waals surface area (Å²) in [5.74, 6) is -1.36. The van der Waals surface area contributed by atoms with Crippen LogP contribution in [-0.2, 0) is 31.3 Å². The van der Waals surface area contributed by atoms with Crippen molar-refractivity contribution in [3.63, 3.8) is 0 Å². The third-order valence-corrected chi connectivity index (χ3v) is 4.91. The van der Waals surface area contributed by atoms with Crippen LogP contribution in [0.2, 0.25) is 0 Å². The number of carbonyl (C=O) groups is 3. The average molecular weight is 644 g/mol. The molecule has 0 saturated heterocycles. The van der Waals surface area contributed by atoms with Crippen LogP contribution in [0.3, 0.4) is 0 Å². The number of aromatic nitrogens is 3. The molecule has 0 radical (unpaired) electrons. The van der Waals surface area contributed by atoms with E-state index in [0.29, 0.717) is 39.5 Å². The first-order valence-electron chi connectivity index (χ1n) is 12.5. The van der Waals surface area contributed by atoms with E-state index >= 15 is 0 Å². The van der Waals surface area contributed by atoms with Crippen molar-refractivity contribution in [3.8, 4) is 17.2 Å². The number of hydrogen-bond acceptors (Lipinski definition) is 12. The summed E-state index contributed by atoms with van der Waals surface area (Å²) in [5, 5.41) is 35.6. The van der Waals surface area contributed by atoms with E-state index in [1.807, 2.05) is 0 Å². The second-order valence-electron chi connectivity index (χ2n) is 7.92. The van der Waals surface area contributed by atoms with Crippen LogP contribution in [0.15, 0.2) is 55.4 Å². The van der Waals surface area contributed by atoms with Gasteiger partial charge in [-0.05, 0) is 18.2 Å². The number of amides is 3. The van der Waals surface area contributed by atoms with Crippen LogP contribution in [0.1, 0.15) is 31.1 Å². The molecule has 0 unspecified atom stereocenters. The van der Waals surface area contributed by atoms with Crippen LogP contribution >= 0.6 is 0 Å². The molecule has 0 aromatic carbocycles. The van der Waals surface area contributed by atoms with Crippen molar-refractivity contribution in [1.82, 2.24) is 30.9 Å². The molecule has 16 heteroatoms. The Morgan fingerprint density at radius 2 is 0.837 bits per heavy atom. The number of nitrogens with one attached hydrogen (secondary N) is 3.